The van der Waals surface area contributed by atoms with Crippen LogP contribution in [0.25, 0.3) is 0 Å². The molecule has 1 aliphatic carbocycles. The highest BCUT2D eigenvalue weighted by molar-refractivity contribution is 5.00. The first-order valence-electron chi connectivity index (χ1n) is 7.56. The number of nitrogens with two attached hydrogens (primary N) is 1. The molecular weight excluding hydrogens is 236 g/mol. The van der Waals surface area contributed by atoms with Gasteiger partial charge in [0, 0.05) is 24.8 Å². The van der Waals surface area contributed by atoms with E-state index in [-0.39, 0.29) is 0 Å². The molecule has 1 aromatic heterocycles. The van der Waals surface area contributed by atoms with Crippen molar-refractivity contribution < 1.29 is 0 Å². The van der Waals surface area contributed by atoms with Gasteiger partial charge in [-0.1, -0.05) is 12.8 Å². The monoisotopic (exact) mass is 264 g/mol. The van der Waals surface area contributed by atoms with E-state index < -0.39 is 0 Å². The van der Waals surface area contributed by atoms with E-state index in [9.17, 15) is 0 Å². The smallest absolute Gasteiger partial charge is 0.0764 e. The van der Waals surface area contributed by atoms with Gasteiger partial charge in [-0.25, -0.2) is 0 Å². The highest BCUT2D eigenvalue weighted by Gasteiger charge is 2.27. The van der Waals surface area contributed by atoms with Crippen molar-refractivity contribution in [2.45, 2.75) is 58.2 Å². The molecule has 19 heavy (non-hydrogen) atoms. The Kier molecular flexibility index (Phi) is 4.99. The van der Waals surface area contributed by atoms with Gasteiger partial charge in [0.15, 0.2) is 0 Å². The minimum atomic E-state index is 0.436. The second-order valence-electron chi connectivity index (χ2n) is 6.14. The highest BCUT2D eigenvalue weighted by Crippen LogP contribution is 2.27. The van der Waals surface area contributed by atoms with Gasteiger partial charge in [0.1, 0.15) is 0 Å². The summed E-state index contributed by atoms with van der Waals surface area (Å²) in [7, 11) is 2.22. The summed E-state index contributed by atoms with van der Waals surface area (Å²) in [4.78, 5) is 2.45. The fraction of sp³-hybridized carbons (Fsp3) is 0.800. The van der Waals surface area contributed by atoms with Gasteiger partial charge in [-0.2, -0.15) is 5.10 Å². The van der Waals surface area contributed by atoms with Crippen molar-refractivity contribution in [1.82, 2.24) is 14.7 Å². The Morgan fingerprint density at radius 2 is 2.16 bits per heavy atom. The highest BCUT2D eigenvalue weighted by atomic mass is 15.3. The molecule has 1 fully saturated rings. The Labute approximate surface area is 117 Å². The zero-order chi connectivity index (χ0) is 13.8. The van der Waals surface area contributed by atoms with Crippen LogP contribution in [0.1, 0.15) is 51.3 Å². The van der Waals surface area contributed by atoms with Crippen LogP contribution < -0.4 is 5.73 Å². The Morgan fingerprint density at radius 3 is 2.79 bits per heavy atom. The van der Waals surface area contributed by atoms with Crippen molar-refractivity contribution in [2.24, 2.45) is 11.7 Å². The van der Waals surface area contributed by atoms with Crippen molar-refractivity contribution in [3.05, 3.63) is 18.0 Å². The minimum absolute atomic E-state index is 0.436. The van der Waals surface area contributed by atoms with Gasteiger partial charge in [-0.15, -0.1) is 0 Å². The summed E-state index contributed by atoms with van der Waals surface area (Å²) in [6.07, 6.45) is 7.32. The fourth-order valence-electron chi connectivity index (χ4n) is 3.17. The summed E-state index contributed by atoms with van der Waals surface area (Å²) in [5, 5.41) is 4.64. The quantitative estimate of drug-likeness (QED) is 0.888. The van der Waals surface area contributed by atoms with Gasteiger partial charge in [-0.3, -0.25) is 9.58 Å². The first kappa shape index (κ1) is 14.5. The lowest BCUT2D eigenvalue weighted by Crippen LogP contribution is -2.42. The summed E-state index contributed by atoms with van der Waals surface area (Å²) < 4.78 is 2.03. The van der Waals surface area contributed by atoms with Crippen LogP contribution in [0.3, 0.4) is 0 Å². The zero-order valence-corrected chi connectivity index (χ0v) is 12.5. The van der Waals surface area contributed by atoms with Crippen LogP contribution in [-0.2, 0) is 6.54 Å². The molecule has 2 rings (SSSR count). The van der Waals surface area contributed by atoms with Gasteiger partial charge in [0.25, 0.3) is 0 Å². The normalized spacial score (nSPS) is 24.3. The molecule has 2 N–H and O–H groups in total. The van der Waals surface area contributed by atoms with Gasteiger partial charge in [0.05, 0.1) is 5.69 Å². The molecule has 0 bridgehead atoms. The number of aromatic nitrogens is 2. The van der Waals surface area contributed by atoms with Gasteiger partial charge in [0.2, 0.25) is 0 Å². The summed E-state index contributed by atoms with van der Waals surface area (Å²) in [6.45, 7) is 6.06. The lowest BCUT2D eigenvalue weighted by Gasteiger charge is -2.37. The van der Waals surface area contributed by atoms with E-state index in [1.807, 2.05) is 4.68 Å². The van der Waals surface area contributed by atoms with Crippen molar-refractivity contribution in [3.8, 4) is 0 Å². The maximum absolute atomic E-state index is 5.92. The molecule has 2 atom stereocenters. The maximum Gasteiger partial charge on any atom is 0.0764 e. The molecule has 4 heteroatoms. The lowest BCUT2D eigenvalue weighted by atomic mass is 9.83. The van der Waals surface area contributed by atoms with E-state index in [1.165, 1.54) is 25.7 Å². The molecule has 2 unspecified atom stereocenters. The van der Waals surface area contributed by atoms with E-state index in [0.29, 0.717) is 18.0 Å². The van der Waals surface area contributed by atoms with Crippen LogP contribution >= 0.6 is 0 Å². The number of rotatable bonds is 5. The van der Waals surface area contributed by atoms with Crippen LogP contribution in [0.4, 0.5) is 0 Å². The summed E-state index contributed by atoms with van der Waals surface area (Å²) >= 11 is 0. The van der Waals surface area contributed by atoms with E-state index >= 15 is 0 Å². The van der Waals surface area contributed by atoms with E-state index in [4.69, 9.17) is 5.73 Å². The Hall–Kier alpha value is -0.870. The van der Waals surface area contributed by atoms with Crippen LogP contribution in [0, 0.1) is 5.92 Å². The molecule has 0 aromatic carbocycles. The number of hydrogen-bond acceptors (Lipinski definition) is 3. The topological polar surface area (TPSA) is 47.1 Å². The molecule has 1 aliphatic rings. The fourth-order valence-corrected chi connectivity index (χ4v) is 3.17. The van der Waals surface area contributed by atoms with E-state index in [1.54, 1.807) is 0 Å². The molecule has 0 aliphatic heterocycles. The molecule has 1 aromatic rings. The molecule has 1 saturated carbocycles. The number of hydrogen-bond donors (Lipinski definition) is 1. The maximum atomic E-state index is 5.92. The second kappa shape index (κ2) is 6.53. The molecule has 0 saturated heterocycles. The molecule has 0 radical (unpaired) electrons. The molecule has 1 heterocycles. The van der Waals surface area contributed by atoms with Crippen LogP contribution in [-0.4, -0.2) is 34.3 Å². The summed E-state index contributed by atoms with van der Waals surface area (Å²) in [5.41, 5.74) is 7.09. The average molecular weight is 264 g/mol. The first-order valence-corrected chi connectivity index (χ1v) is 7.56. The van der Waals surface area contributed by atoms with Crippen molar-refractivity contribution in [2.75, 3.05) is 13.6 Å². The van der Waals surface area contributed by atoms with Crippen LogP contribution in [0.2, 0.25) is 0 Å². The van der Waals surface area contributed by atoms with Crippen LogP contribution in [0.5, 0.6) is 0 Å². The Bertz CT molecular complexity index is 385. The minimum Gasteiger partial charge on any atom is -0.330 e. The SMILES string of the molecule is CC(C)n1ccc(CN(C)C2CCCCC2CN)n1. The first-order chi connectivity index (χ1) is 9.11. The van der Waals surface area contributed by atoms with Crippen molar-refractivity contribution in [3.63, 3.8) is 0 Å². The largest absolute Gasteiger partial charge is 0.330 e. The lowest BCUT2D eigenvalue weighted by molar-refractivity contribution is 0.126. The van der Waals surface area contributed by atoms with E-state index in [0.717, 1.165) is 18.8 Å². The van der Waals surface area contributed by atoms with Gasteiger partial charge < -0.3 is 5.73 Å². The zero-order valence-electron chi connectivity index (χ0n) is 12.5. The standard InChI is InChI=1S/C15H28N4/c1-12(2)19-9-8-14(17-19)11-18(3)15-7-5-4-6-13(15)10-16/h8-9,12-13,15H,4-7,10-11,16H2,1-3H3. The Balaban J connectivity index is 1.96. The van der Waals surface area contributed by atoms with E-state index in [2.05, 4.69) is 43.2 Å². The third kappa shape index (κ3) is 3.57. The number of nitrogens with zero attached hydrogens (tertiary/aromatic N) is 3. The van der Waals surface area contributed by atoms with Crippen molar-refractivity contribution >= 4 is 0 Å². The molecule has 108 valence electrons. The predicted octanol–water partition coefficient (Wildman–Crippen LogP) is 2.41. The van der Waals surface area contributed by atoms with Crippen LogP contribution in [0.15, 0.2) is 12.3 Å². The summed E-state index contributed by atoms with van der Waals surface area (Å²) in [5.74, 6) is 0.658. The molecule has 0 spiro atoms. The summed E-state index contributed by atoms with van der Waals surface area (Å²) in [6, 6.07) is 3.20. The molecule has 4 nitrogen and oxygen atoms in total. The average Bonchev–Trinajstić information content (AvgIpc) is 2.87. The van der Waals surface area contributed by atoms with Gasteiger partial charge in [-0.05, 0) is 52.3 Å². The Morgan fingerprint density at radius 1 is 1.42 bits per heavy atom. The van der Waals surface area contributed by atoms with Crippen molar-refractivity contribution in [1.29, 1.82) is 0 Å². The third-order valence-corrected chi connectivity index (χ3v) is 4.34. The third-order valence-electron chi connectivity index (χ3n) is 4.34. The van der Waals surface area contributed by atoms with Gasteiger partial charge >= 0.3 is 0 Å². The molecular formula is C15H28N4. The predicted molar refractivity (Wildman–Crippen MR) is 78.9 cm³/mol. The molecule has 0 amide bonds. The second-order valence-corrected chi connectivity index (χ2v) is 6.14.